The summed E-state index contributed by atoms with van der Waals surface area (Å²) in [5.41, 5.74) is 1.48. The van der Waals surface area contributed by atoms with Gasteiger partial charge in [0.15, 0.2) is 0 Å². The molecule has 0 radical (unpaired) electrons. The van der Waals surface area contributed by atoms with Gasteiger partial charge in [-0.2, -0.15) is 0 Å². The van der Waals surface area contributed by atoms with Crippen molar-refractivity contribution in [1.82, 2.24) is 4.72 Å². The van der Waals surface area contributed by atoms with E-state index in [0.29, 0.717) is 0 Å². The van der Waals surface area contributed by atoms with Gasteiger partial charge in [-0.25, -0.2) is 0 Å². The zero-order valence-electron chi connectivity index (χ0n) is 4.62. The Morgan fingerprint density at radius 1 is 1.57 bits per heavy atom. The zero-order chi connectivity index (χ0) is 5.28. The van der Waals surface area contributed by atoms with E-state index in [1.54, 1.807) is 11.9 Å². The Morgan fingerprint density at radius 3 is 2.43 bits per heavy atom. The molecule has 0 aromatic rings. The van der Waals surface area contributed by atoms with Gasteiger partial charge in [0.25, 0.3) is 0 Å². The van der Waals surface area contributed by atoms with Gasteiger partial charge in [0.2, 0.25) is 0 Å². The lowest BCUT2D eigenvalue weighted by molar-refractivity contribution is 1.07. The molecule has 0 unspecified atom stereocenters. The van der Waals surface area contributed by atoms with Gasteiger partial charge in [-0.3, -0.25) is 4.72 Å². The number of nitrogens with one attached hydrogen (secondary N) is 1. The first-order valence-corrected chi connectivity index (χ1v) is 3.18. The monoisotopic (exact) mass is 115 g/mol. The van der Waals surface area contributed by atoms with Crippen LogP contribution in [0.3, 0.4) is 0 Å². The van der Waals surface area contributed by atoms with E-state index in [-0.39, 0.29) is 0 Å². The molecular formula is C5H9NS. The zero-order valence-corrected chi connectivity index (χ0v) is 5.43. The first-order valence-electron chi connectivity index (χ1n) is 2.37. The predicted octanol–water partition coefficient (Wildman–Crippen LogP) is 1.53. The van der Waals surface area contributed by atoms with Crippen LogP contribution >= 0.6 is 11.9 Å². The third kappa shape index (κ3) is 0.983. The molecule has 0 saturated heterocycles. The molecule has 0 atom stereocenters. The van der Waals surface area contributed by atoms with Gasteiger partial charge in [-0.1, -0.05) is 0 Å². The smallest absolute Gasteiger partial charge is 0.0280 e. The molecule has 0 spiro atoms. The molecule has 0 saturated carbocycles. The topological polar surface area (TPSA) is 12.0 Å². The number of rotatable bonds is 0. The Labute approximate surface area is 48.3 Å². The summed E-state index contributed by atoms with van der Waals surface area (Å²) >= 11 is 1.73. The van der Waals surface area contributed by atoms with Crippen LogP contribution in [0.5, 0.6) is 0 Å². The van der Waals surface area contributed by atoms with Crippen LogP contribution in [0.15, 0.2) is 10.5 Å². The van der Waals surface area contributed by atoms with Crippen LogP contribution in [-0.4, -0.2) is 6.54 Å². The van der Waals surface area contributed by atoms with Crippen LogP contribution in [0.1, 0.15) is 13.8 Å². The van der Waals surface area contributed by atoms with Crippen molar-refractivity contribution in [2.24, 2.45) is 0 Å². The Hall–Kier alpha value is 0.0500. The summed E-state index contributed by atoms with van der Waals surface area (Å²) in [6, 6.07) is 0. The van der Waals surface area contributed by atoms with E-state index in [0.717, 1.165) is 6.54 Å². The van der Waals surface area contributed by atoms with Crippen molar-refractivity contribution < 1.29 is 0 Å². The molecule has 1 nitrogen and oxygen atoms in total. The lowest BCUT2D eigenvalue weighted by Crippen LogP contribution is -1.96. The summed E-state index contributed by atoms with van der Waals surface area (Å²) in [7, 11) is 0. The quantitative estimate of drug-likeness (QED) is 0.480. The first-order chi connectivity index (χ1) is 3.30. The van der Waals surface area contributed by atoms with Crippen LogP contribution < -0.4 is 4.72 Å². The Balaban J connectivity index is 2.64. The average molecular weight is 115 g/mol. The molecule has 2 heteroatoms. The molecule has 0 aromatic heterocycles. The SMILES string of the molecule is CC1=C(C)SNC1. The van der Waals surface area contributed by atoms with Crippen molar-refractivity contribution >= 4 is 11.9 Å². The maximum atomic E-state index is 3.16. The van der Waals surface area contributed by atoms with Gasteiger partial charge in [-0.15, -0.1) is 0 Å². The second-order valence-corrected chi connectivity index (χ2v) is 2.86. The number of allylic oxidation sites excluding steroid dienone is 1. The minimum absolute atomic E-state index is 1.07. The molecule has 0 fully saturated rings. The molecule has 0 aliphatic carbocycles. The van der Waals surface area contributed by atoms with Gasteiger partial charge < -0.3 is 0 Å². The molecule has 1 aliphatic rings. The second kappa shape index (κ2) is 1.88. The summed E-state index contributed by atoms with van der Waals surface area (Å²) in [6.07, 6.45) is 0. The summed E-state index contributed by atoms with van der Waals surface area (Å²) in [4.78, 5) is 1.43. The van der Waals surface area contributed by atoms with Crippen LogP contribution in [0, 0.1) is 0 Å². The second-order valence-electron chi connectivity index (χ2n) is 1.76. The molecule has 1 heterocycles. The maximum absolute atomic E-state index is 3.16. The minimum atomic E-state index is 1.07. The summed E-state index contributed by atoms with van der Waals surface area (Å²) < 4.78 is 3.16. The van der Waals surface area contributed by atoms with Crippen molar-refractivity contribution in [3.05, 3.63) is 10.5 Å². The molecule has 1 N–H and O–H groups in total. The van der Waals surface area contributed by atoms with Gasteiger partial charge in [0.1, 0.15) is 0 Å². The van der Waals surface area contributed by atoms with E-state index < -0.39 is 0 Å². The lowest BCUT2D eigenvalue weighted by Gasteiger charge is -1.84. The highest BCUT2D eigenvalue weighted by atomic mass is 32.2. The van der Waals surface area contributed by atoms with Gasteiger partial charge in [-0.05, 0) is 36.3 Å². The van der Waals surface area contributed by atoms with Crippen LogP contribution in [-0.2, 0) is 0 Å². The third-order valence-corrected chi connectivity index (χ3v) is 2.11. The Kier molecular flexibility index (Phi) is 1.40. The molecule has 0 bridgehead atoms. The van der Waals surface area contributed by atoms with Crippen molar-refractivity contribution in [3.8, 4) is 0 Å². The molecular weight excluding hydrogens is 106 g/mol. The third-order valence-electron chi connectivity index (χ3n) is 1.16. The van der Waals surface area contributed by atoms with Crippen LogP contribution in [0.4, 0.5) is 0 Å². The fourth-order valence-corrected chi connectivity index (χ4v) is 1.22. The van der Waals surface area contributed by atoms with E-state index in [2.05, 4.69) is 18.6 Å². The van der Waals surface area contributed by atoms with Crippen molar-refractivity contribution in [3.63, 3.8) is 0 Å². The maximum Gasteiger partial charge on any atom is 0.0280 e. The van der Waals surface area contributed by atoms with Gasteiger partial charge in [0, 0.05) is 6.54 Å². The summed E-state index contributed by atoms with van der Waals surface area (Å²) in [5, 5.41) is 0. The molecule has 1 aliphatic heterocycles. The lowest BCUT2D eigenvalue weighted by atomic mass is 10.3. The number of hydrogen-bond donors (Lipinski definition) is 1. The standard InChI is InChI=1S/C5H9NS/c1-4-3-6-7-5(4)2/h6H,3H2,1-2H3. The van der Waals surface area contributed by atoms with Crippen LogP contribution in [0.25, 0.3) is 0 Å². The first kappa shape index (κ1) is 5.19. The Bertz CT molecular complexity index is 94.6. The van der Waals surface area contributed by atoms with Crippen molar-refractivity contribution in [1.29, 1.82) is 0 Å². The van der Waals surface area contributed by atoms with Gasteiger partial charge >= 0.3 is 0 Å². The molecule has 7 heavy (non-hydrogen) atoms. The predicted molar refractivity (Wildman–Crippen MR) is 34.0 cm³/mol. The van der Waals surface area contributed by atoms with E-state index in [4.69, 9.17) is 0 Å². The average Bonchev–Trinajstić information content (AvgIpc) is 1.91. The van der Waals surface area contributed by atoms with E-state index >= 15 is 0 Å². The van der Waals surface area contributed by atoms with E-state index in [9.17, 15) is 0 Å². The summed E-state index contributed by atoms with van der Waals surface area (Å²) in [6.45, 7) is 5.36. The normalized spacial score (nSPS) is 21.4. The highest BCUT2D eigenvalue weighted by molar-refractivity contribution is 8.01. The number of hydrogen-bond acceptors (Lipinski definition) is 2. The Morgan fingerprint density at radius 2 is 2.29 bits per heavy atom. The molecule has 0 aromatic carbocycles. The van der Waals surface area contributed by atoms with Crippen LogP contribution in [0.2, 0.25) is 0 Å². The van der Waals surface area contributed by atoms with E-state index in [1.807, 2.05) is 0 Å². The molecule has 0 amide bonds. The largest absolute Gasteiger partial charge is 0.256 e. The minimum Gasteiger partial charge on any atom is -0.256 e. The highest BCUT2D eigenvalue weighted by Crippen LogP contribution is 2.20. The molecule has 1 rings (SSSR count). The van der Waals surface area contributed by atoms with Crippen molar-refractivity contribution in [2.45, 2.75) is 13.8 Å². The van der Waals surface area contributed by atoms with Crippen molar-refractivity contribution in [2.75, 3.05) is 6.54 Å². The summed E-state index contributed by atoms with van der Waals surface area (Å²) in [5.74, 6) is 0. The molecule has 40 valence electrons. The fourth-order valence-electron chi connectivity index (χ4n) is 0.464. The van der Waals surface area contributed by atoms with E-state index in [1.165, 1.54) is 10.5 Å². The fraction of sp³-hybridized carbons (Fsp3) is 0.600. The van der Waals surface area contributed by atoms with Gasteiger partial charge in [0.05, 0.1) is 0 Å². The highest BCUT2D eigenvalue weighted by Gasteiger charge is 2.03.